The van der Waals surface area contributed by atoms with Gasteiger partial charge in [-0.1, -0.05) is 183 Å². The minimum atomic E-state index is 1.06. The molecule has 274 valence electrons. The van der Waals surface area contributed by atoms with Gasteiger partial charge in [-0.2, -0.15) is 0 Å². The van der Waals surface area contributed by atoms with E-state index in [0.29, 0.717) is 0 Å². The van der Waals surface area contributed by atoms with Crippen LogP contribution >= 0.6 is 0 Å². The Morgan fingerprint density at radius 1 is 0.397 bits per heavy atom. The zero-order valence-electron chi connectivity index (χ0n) is 32.4. The van der Waals surface area contributed by atoms with E-state index in [-0.39, 0.29) is 0 Å². The average molecular weight is 740 g/mol. The Morgan fingerprint density at radius 3 is 1.40 bits per heavy atom. The van der Waals surface area contributed by atoms with Gasteiger partial charge in [0.2, 0.25) is 0 Å². The molecule has 0 heterocycles. The van der Waals surface area contributed by atoms with Gasteiger partial charge in [-0.3, -0.25) is 0 Å². The third kappa shape index (κ3) is 6.15. The van der Waals surface area contributed by atoms with Gasteiger partial charge in [-0.25, -0.2) is 0 Å². The minimum Gasteiger partial charge on any atom is -0.310 e. The predicted octanol–water partition coefficient (Wildman–Crippen LogP) is 16.0. The van der Waals surface area contributed by atoms with Crippen LogP contribution in [0.4, 0.5) is 11.4 Å². The van der Waals surface area contributed by atoms with E-state index in [0.717, 1.165) is 22.6 Å². The number of benzene rings is 10. The molecule has 0 bridgehead atoms. The summed E-state index contributed by atoms with van der Waals surface area (Å²) in [4.78, 5) is 2.36. The van der Waals surface area contributed by atoms with Crippen LogP contribution in [0.2, 0.25) is 0 Å². The zero-order valence-corrected chi connectivity index (χ0v) is 32.4. The first-order valence-electron chi connectivity index (χ1n) is 20.0. The summed E-state index contributed by atoms with van der Waals surface area (Å²) in [6, 6.07) is 75.0. The van der Waals surface area contributed by atoms with Crippen molar-refractivity contribution in [1.29, 1.82) is 0 Å². The Hall–Kier alpha value is -7.48. The first kappa shape index (κ1) is 35.0. The summed E-state index contributed by atoms with van der Waals surface area (Å²) in [7, 11) is 0. The molecule has 58 heavy (non-hydrogen) atoms. The van der Waals surface area contributed by atoms with E-state index in [1.807, 2.05) is 6.08 Å². The standard InChI is InChI=1S/C57H41N/c1-3-16-57(46-20-7-4-17-39(46)2)58(45-35-31-41(32-36-45)55-37-42-18-5-8-22-48(42)50-24-12-14-27-53(50)55)44-33-29-40(30-34-44)47-21-10-11-26-52(47)56-38-43-19-6-9-23-49(43)51-25-13-15-28-54(51)56/h3-38H,1H2,2H3/b57-16+. The number of anilines is 2. The van der Waals surface area contributed by atoms with Crippen molar-refractivity contribution in [2.75, 3.05) is 4.90 Å². The monoisotopic (exact) mass is 739 g/mol. The summed E-state index contributed by atoms with van der Waals surface area (Å²) < 4.78 is 0. The Labute approximate surface area is 340 Å². The van der Waals surface area contributed by atoms with Crippen molar-refractivity contribution in [3.8, 4) is 33.4 Å². The fourth-order valence-electron chi connectivity index (χ4n) is 8.80. The Bertz CT molecular complexity index is 3180. The molecule has 0 saturated carbocycles. The molecule has 0 aliphatic rings. The second kappa shape index (κ2) is 14.9. The fourth-order valence-corrected chi connectivity index (χ4v) is 8.80. The summed E-state index contributed by atoms with van der Waals surface area (Å²) in [5.41, 5.74) is 12.8. The summed E-state index contributed by atoms with van der Waals surface area (Å²) in [6.07, 6.45) is 4.02. The fraction of sp³-hybridized carbons (Fsp3) is 0.0175. The van der Waals surface area contributed by atoms with E-state index >= 15 is 0 Å². The van der Waals surface area contributed by atoms with Crippen LogP contribution in [0, 0.1) is 6.92 Å². The summed E-state index contributed by atoms with van der Waals surface area (Å²) in [6.45, 7) is 6.34. The highest BCUT2D eigenvalue weighted by Crippen LogP contribution is 2.43. The molecule has 10 rings (SSSR count). The molecule has 10 aromatic carbocycles. The molecule has 0 aliphatic heterocycles. The van der Waals surface area contributed by atoms with Crippen molar-refractivity contribution in [2.45, 2.75) is 6.92 Å². The third-order valence-corrected chi connectivity index (χ3v) is 11.6. The summed E-state index contributed by atoms with van der Waals surface area (Å²) in [5.74, 6) is 0. The average Bonchev–Trinajstić information content (AvgIpc) is 3.29. The Balaban J connectivity index is 1.09. The molecular weight excluding hydrogens is 699 g/mol. The van der Waals surface area contributed by atoms with Crippen LogP contribution < -0.4 is 4.90 Å². The predicted molar refractivity (Wildman–Crippen MR) is 251 cm³/mol. The van der Waals surface area contributed by atoms with Crippen LogP contribution in [0.1, 0.15) is 11.1 Å². The first-order valence-corrected chi connectivity index (χ1v) is 20.0. The van der Waals surface area contributed by atoms with E-state index in [2.05, 4.69) is 231 Å². The molecule has 0 atom stereocenters. The lowest BCUT2D eigenvalue weighted by atomic mass is 9.89. The van der Waals surface area contributed by atoms with Crippen LogP contribution in [0.15, 0.2) is 225 Å². The van der Waals surface area contributed by atoms with Gasteiger partial charge in [0, 0.05) is 16.9 Å². The number of allylic oxidation sites excluding steroid dienone is 2. The first-order chi connectivity index (χ1) is 28.7. The van der Waals surface area contributed by atoms with Gasteiger partial charge in [0.05, 0.1) is 5.70 Å². The van der Waals surface area contributed by atoms with Crippen molar-refractivity contribution in [1.82, 2.24) is 0 Å². The molecule has 10 aromatic rings. The van der Waals surface area contributed by atoms with E-state index in [1.165, 1.54) is 82.0 Å². The highest BCUT2D eigenvalue weighted by Gasteiger charge is 2.20. The number of aryl methyl sites for hydroxylation is 1. The number of nitrogens with zero attached hydrogens (tertiary/aromatic N) is 1. The highest BCUT2D eigenvalue weighted by molar-refractivity contribution is 6.15. The van der Waals surface area contributed by atoms with Crippen molar-refractivity contribution < 1.29 is 0 Å². The minimum absolute atomic E-state index is 1.06. The molecule has 1 nitrogen and oxygen atoms in total. The van der Waals surface area contributed by atoms with E-state index in [1.54, 1.807) is 0 Å². The van der Waals surface area contributed by atoms with Crippen molar-refractivity contribution in [3.63, 3.8) is 0 Å². The molecule has 0 saturated heterocycles. The lowest BCUT2D eigenvalue weighted by Crippen LogP contribution is -2.16. The van der Waals surface area contributed by atoms with Crippen molar-refractivity contribution in [3.05, 3.63) is 236 Å². The molecule has 0 amide bonds. The van der Waals surface area contributed by atoms with Gasteiger partial charge < -0.3 is 4.90 Å². The summed E-state index contributed by atoms with van der Waals surface area (Å²) in [5, 5.41) is 10.1. The van der Waals surface area contributed by atoms with Gasteiger partial charge >= 0.3 is 0 Å². The topological polar surface area (TPSA) is 3.24 Å². The van der Waals surface area contributed by atoms with Crippen LogP contribution in [0.5, 0.6) is 0 Å². The number of fused-ring (bicyclic) bond motifs is 6. The smallest absolute Gasteiger partial charge is 0.0536 e. The van der Waals surface area contributed by atoms with E-state index < -0.39 is 0 Å². The number of rotatable bonds is 8. The van der Waals surface area contributed by atoms with Crippen LogP contribution in [0.25, 0.3) is 82.2 Å². The number of hydrogen-bond donors (Lipinski definition) is 0. The molecule has 0 unspecified atom stereocenters. The Kier molecular flexibility index (Phi) is 8.97. The second-order valence-corrected chi connectivity index (χ2v) is 15.0. The van der Waals surface area contributed by atoms with Crippen molar-refractivity contribution in [2.24, 2.45) is 0 Å². The Morgan fingerprint density at radius 2 is 0.828 bits per heavy atom. The molecule has 0 aliphatic carbocycles. The maximum absolute atomic E-state index is 4.16. The molecule has 0 fully saturated rings. The van der Waals surface area contributed by atoms with Gasteiger partial charge in [0.25, 0.3) is 0 Å². The zero-order chi connectivity index (χ0) is 39.0. The maximum Gasteiger partial charge on any atom is 0.0536 e. The van der Waals surface area contributed by atoms with Crippen LogP contribution in [-0.2, 0) is 0 Å². The van der Waals surface area contributed by atoms with Crippen molar-refractivity contribution >= 4 is 60.2 Å². The lowest BCUT2D eigenvalue weighted by Gasteiger charge is -2.29. The third-order valence-electron chi connectivity index (χ3n) is 11.6. The molecule has 0 radical (unpaired) electrons. The van der Waals surface area contributed by atoms with Gasteiger partial charge in [-0.05, 0) is 131 Å². The van der Waals surface area contributed by atoms with Crippen LogP contribution in [-0.4, -0.2) is 0 Å². The van der Waals surface area contributed by atoms with E-state index in [4.69, 9.17) is 0 Å². The molecular formula is C57H41N. The highest BCUT2D eigenvalue weighted by atomic mass is 15.1. The van der Waals surface area contributed by atoms with Crippen LogP contribution in [0.3, 0.4) is 0 Å². The second-order valence-electron chi connectivity index (χ2n) is 15.0. The van der Waals surface area contributed by atoms with Gasteiger partial charge in [0.1, 0.15) is 0 Å². The normalized spacial score (nSPS) is 11.7. The quantitative estimate of drug-likeness (QED) is 0.111. The number of hydrogen-bond acceptors (Lipinski definition) is 1. The molecule has 1 heteroatoms. The molecule has 0 aromatic heterocycles. The van der Waals surface area contributed by atoms with Gasteiger partial charge in [-0.15, -0.1) is 0 Å². The molecule has 0 spiro atoms. The van der Waals surface area contributed by atoms with Gasteiger partial charge in [0.15, 0.2) is 0 Å². The van der Waals surface area contributed by atoms with E-state index in [9.17, 15) is 0 Å². The summed E-state index contributed by atoms with van der Waals surface area (Å²) >= 11 is 0. The molecule has 0 N–H and O–H groups in total. The largest absolute Gasteiger partial charge is 0.310 e. The SMILES string of the molecule is C=C/C=C(\c1ccccc1C)N(c1ccc(-c2ccccc2-c2cc3ccccc3c3ccccc23)cc1)c1ccc(-c2cc3ccccc3c3ccccc23)cc1. The lowest BCUT2D eigenvalue weighted by molar-refractivity contribution is 1.27. The maximum atomic E-state index is 4.16.